The second kappa shape index (κ2) is 3.67. The Labute approximate surface area is 99.3 Å². The summed E-state index contributed by atoms with van der Waals surface area (Å²) < 4.78 is 1.09. The SMILES string of the molecule is Cc1nc2ccc(C(=O)C(C)(C)C)cc2s1. The lowest BCUT2D eigenvalue weighted by atomic mass is 9.86. The monoisotopic (exact) mass is 233 g/mol. The second-order valence-electron chi connectivity index (χ2n) is 4.99. The fourth-order valence-electron chi connectivity index (χ4n) is 1.61. The van der Waals surface area contributed by atoms with E-state index in [9.17, 15) is 4.79 Å². The Balaban J connectivity index is 2.51. The Morgan fingerprint density at radius 3 is 2.62 bits per heavy atom. The van der Waals surface area contributed by atoms with Gasteiger partial charge in [0.05, 0.1) is 15.2 Å². The van der Waals surface area contributed by atoms with Gasteiger partial charge < -0.3 is 0 Å². The predicted octanol–water partition coefficient (Wildman–Crippen LogP) is 3.83. The lowest BCUT2D eigenvalue weighted by molar-refractivity contribution is 0.0858. The highest BCUT2D eigenvalue weighted by atomic mass is 32.1. The summed E-state index contributed by atoms with van der Waals surface area (Å²) in [6.45, 7) is 7.81. The molecule has 0 spiro atoms. The van der Waals surface area contributed by atoms with Gasteiger partial charge in [0.1, 0.15) is 0 Å². The highest BCUT2D eigenvalue weighted by Gasteiger charge is 2.23. The second-order valence-corrected chi connectivity index (χ2v) is 6.23. The number of Topliss-reactive ketones (excluding diaryl/α,β-unsaturated/α-hetero) is 1. The van der Waals surface area contributed by atoms with Crippen molar-refractivity contribution in [1.29, 1.82) is 0 Å². The highest BCUT2D eigenvalue weighted by molar-refractivity contribution is 7.18. The zero-order chi connectivity index (χ0) is 11.9. The first kappa shape index (κ1) is 11.3. The summed E-state index contributed by atoms with van der Waals surface area (Å²) in [6, 6.07) is 5.75. The minimum absolute atomic E-state index is 0.181. The molecule has 0 atom stereocenters. The number of hydrogen-bond donors (Lipinski definition) is 0. The Hall–Kier alpha value is -1.22. The summed E-state index contributed by atoms with van der Waals surface area (Å²) >= 11 is 1.63. The minimum atomic E-state index is -0.326. The van der Waals surface area contributed by atoms with E-state index in [1.165, 1.54) is 0 Å². The summed E-state index contributed by atoms with van der Waals surface area (Å²) in [5.41, 5.74) is 1.43. The third kappa shape index (κ3) is 2.00. The summed E-state index contributed by atoms with van der Waals surface area (Å²) in [5.74, 6) is 0.181. The van der Waals surface area contributed by atoms with Crippen molar-refractivity contribution in [3.8, 4) is 0 Å². The van der Waals surface area contributed by atoms with Gasteiger partial charge in [0.2, 0.25) is 0 Å². The molecule has 0 radical (unpaired) electrons. The van der Waals surface area contributed by atoms with E-state index in [0.29, 0.717) is 0 Å². The van der Waals surface area contributed by atoms with Gasteiger partial charge in [-0.05, 0) is 25.1 Å². The predicted molar refractivity (Wildman–Crippen MR) is 68.1 cm³/mol. The fourth-order valence-corrected chi connectivity index (χ4v) is 2.48. The van der Waals surface area contributed by atoms with Crippen molar-refractivity contribution in [2.75, 3.05) is 0 Å². The molecule has 16 heavy (non-hydrogen) atoms. The average molecular weight is 233 g/mol. The number of benzene rings is 1. The quantitative estimate of drug-likeness (QED) is 0.701. The fraction of sp³-hybridized carbons (Fsp3) is 0.385. The van der Waals surface area contributed by atoms with Gasteiger partial charge in [-0.1, -0.05) is 20.8 Å². The van der Waals surface area contributed by atoms with Crippen LogP contribution in [0.25, 0.3) is 10.2 Å². The van der Waals surface area contributed by atoms with Crippen molar-refractivity contribution in [3.63, 3.8) is 0 Å². The van der Waals surface area contributed by atoms with E-state index in [1.54, 1.807) is 11.3 Å². The molecule has 0 fully saturated rings. The maximum absolute atomic E-state index is 12.1. The van der Waals surface area contributed by atoms with Gasteiger partial charge in [-0.25, -0.2) is 4.98 Å². The van der Waals surface area contributed by atoms with Crippen LogP contribution >= 0.6 is 11.3 Å². The Morgan fingerprint density at radius 2 is 2.00 bits per heavy atom. The first-order valence-corrected chi connectivity index (χ1v) is 6.11. The number of fused-ring (bicyclic) bond motifs is 1. The van der Waals surface area contributed by atoms with Crippen LogP contribution in [0.1, 0.15) is 36.1 Å². The molecular formula is C13H15NOS. The van der Waals surface area contributed by atoms with Gasteiger partial charge in [0.25, 0.3) is 0 Å². The van der Waals surface area contributed by atoms with Crippen LogP contribution in [0.2, 0.25) is 0 Å². The lowest BCUT2D eigenvalue weighted by Crippen LogP contribution is -2.19. The van der Waals surface area contributed by atoms with E-state index in [4.69, 9.17) is 0 Å². The van der Waals surface area contributed by atoms with Crippen LogP contribution in [0.5, 0.6) is 0 Å². The van der Waals surface area contributed by atoms with E-state index in [2.05, 4.69) is 4.98 Å². The standard InChI is InChI=1S/C13H15NOS/c1-8-14-10-6-5-9(7-11(10)16-8)12(15)13(2,3)4/h5-7H,1-4H3. The molecule has 1 aromatic carbocycles. The van der Waals surface area contributed by atoms with Crippen LogP contribution in [0, 0.1) is 12.3 Å². The molecule has 2 rings (SSSR count). The Bertz CT molecular complexity index is 549. The zero-order valence-electron chi connectivity index (χ0n) is 10.00. The maximum atomic E-state index is 12.1. The van der Waals surface area contributed by atoms with Crippen LogP contribution in [-0.2, 0) is 0 Å². The normalized spacial score (nSPS) is 12.0. The van der Waals surface area contributed by atoms with Crippen molar-refractivity contribution < 1.29 is 4.79 Å². The van der Waals surface area contributed by atoms with E-state index in [1.807, 2.05) is 45.9 Å². The molecule has 0 aliphatic heterocycles. The molecule has 0 aliphatic rings. The smallest absolute Gasteiger partial charge is 0.168 e. The van der Waals surface area contributed by atoms with Crippen LogP contribution in [-0.4, -0.2) is 10.8 Å². The number of aryl methyl sites for hydroxylation is 1. The van der Waals surface area contributed by atoms with Gasteiger partial charge in [-0.2, -0.15) is 0 Å². The molecule has 0 saturated carbocycles. The molecule has 0 aliphatic carbocycles. The van der Waals surface area contributed by atoms with Crippen molar-refractivity contribution in [2.45, 2.75) is 27.7 Å². The number of hydrogen-bond acceptors (Lipinski definition) is 3. The number of carbonyl (C=O) groups excluding carboxylic acids is 1. The minimum Gasteiger partial charge on any atom is -0.294 e. The summed E-state index contributed by atoms with van der Waals surface area (Å²) in [7, 11) is 0. The first-order valence-electron chi connectivity index (χ1n) is 5.30. The molecule has 1 heterocycles. The third-order valence-electron chi connectivity index (χ3n) is 2.44. The molecule has 84 valence electrons. The number of thiazole rings is 1. The summed E-state index contributed by atoms with van der Waals surface area (Å²) in [4.78, 5) is 16.5. The number of rotatable bonds is 1. The first-order chi connectivity index (χ1) is 7.38. The van der Waals surface area contributed by atoms with Crippen LogP contribution in [0.4, 0.5) is 0 Å². The van der Waals surface area contributed by atoms with Gasteiger partial charge in [0.15, 0.2) is 5.78 Å². The van der Waals surface area contributed by atoms with Gasteiger partial charge in [-0.3, -0.25) is 4.79 Å². The number of aromatic nitrogens is 1. The van der Waals surface area contributed by atoms with E-state index in [-0.39, 0.29) is 11.2 Å². The Morgan fingerprint density at radius 1 is 1.31 bits per heavy atom. The lowest BCUT2D eigenvalue weighted by Gasteiger charge is -2.16. The van der Waals surface area contributed by atoms with Gasteiger partial charge >= 0.3 is 0 Å². The average Bonchev–Trinajstić information content (AvgIpc) is 2.54. The van der Waals surface area contributed by atoms with Crippen LogP contribution in [0.3, 0.4) is 0 Å². The molecule has 1 aromatic heterocycles. The maximum Gasteiger partial charge on any atom is 0.168 e. The van der Waals surface area contributed by atoms with Crippen molar-refractivity contribution >= 4 is 27.3 Å². The Kier molecular flexibility index (Phi) is 2.58. The molecule has 0 saturated heterocycles. The molecule has 0 unspecified atom stereocenters. The third-order valence-corrected chi connectivity index (χ3v) is 3.37. The highest BCUT2D eigenvalue weighted by Crippen LogP contribution is 2.26. The van der Waals surface area contributed by atoms with E-state index in [0.717, 1.165) is 20.8 Å². The number of nitrogens with zero attached hydrogens (tertiary/aromatic N) is 1. The van der Waals surface area contributed by atoms with Crippen molar-refractivity contribution in [3.05, 3.63) is 28.8 Å². The van der Waals surface area contributed by atoms with Crippen LogP contribution in [0.15, 0.2) is 18.2 Å². The summed E-state index contributed by atoms with van der Waals surface area (Å²) in [5, 5.41) is 1.04. The van der Waals surface area contributed by atoms with Crippen molar-refractivity contribution in [2.24, 2.45) is 5.41 Å². The molecular weight excluding hydrogens is 218 g/mol. The number of carbonyl (C=O) groups is 1. The molecule has 2 aromatic rings. The topological polar surface area (TPSA) is 30.0 Å². The van der Waals surface area contributed by atoms with Gasteiger partial charge in [0, 0.05) is 11.0 Å². The van der Waals surface area contributed by atoms with Gasteiger partial charge in [-0.15, -0.1) is 11.3 Å². The van der Waals surface area contributed by atoms with E-state index >= 15 is 0 Å². The number of ketones is 1. The largest absolute Gasteiger partial charge is 0.294 e. The van der Waals surface area contributed by atoms with Crippen LogP contribution < -0.4 is 0 Å². The molecule has 0 N–H and O–H groups in total. The van der Waals surface area contributed by atoms with Crippen molar-refractivity contribution in [1.82, 2.24) is 4.98 Å². The zero-order valence-corrected chi connectivity index (χ0v) is 10.8. The molecule has 2 nitrogen and oxygen atoms in total. The summed E-state index contributed by atoms with van der Waals surface area (Å²) in [6.07, 6.45) is 0. The van der Waals surface area contributed by atoms with E-state index < -0.39 is 0 Å². The molecule has 3 heteroatoms. The molecule has 0 bridgehead atoms. The molecule has 0 amide bonds.